The van der Waals surface area contributed by atoms with Crippen molar-refractivity contribution in [3.8, 4) is 0 Å². The third-order valence-electron chi connectivity index (χ3n) is 4.21. The number of fused-ring (bicyclic) bond motifs is 1. The number of hydrogen-bond donors (Lipinski definition) is 0. The molecule has 0 N–H and O–H groups in total. The maximum atomic E-state index is 12.9. The van der Waals surface area contributed by atoms with Crippen LogP contribution >= 0.6 is 11.8 Å². The summed E-state index contributed by atoms with van der Waals surface area (Å²) in [6, 6.07) is 14.1. The van der Waals surface area contributed by atoms with Crippen LogP contribution in [0.4, 0.5) is 0 Å². The van der Waals surface area contributed by atoms with E-state index in [1.165, 1.54) is 16.7 Å². The topological polar surface area (TPSA) is 44.1 Å². The molecule has 0 unspecified atom stereocenters. The Labute approximate surface area is 158 Å². The van der Waals surface area contributed by atoms with Crippen molar-refractivity contribution in [3.63, 3.8) is 0 Å². The second-order valence-corrected chi connectivity index (χ2v) is 7.44. The molecule has 0 aliphatic rings. The van der Waals surface area contributed by atoms with Gasteiger partial charge in [-0.1, -0.05) is 53.2 Å². The van der Waals surface area contributed by atoms with Gasteiger partial charge in [0, 0.05) is 26.0 Å². The number of aromatic nitrogens is 2. The third kappa shape index (κ3) is 4.34. The zero-order chi connectivity index (χ0) is 18.5. The van der Waals surface area contributed by atoms with Crippen molar-refractivity contribution in [1.29, 1.82) is 0 Å². The normalized spacial score (nSPS) is 11.2. The summed E-state index contributed by atoms with van der Waals surface area (Å²) in [7, 11) is 1.68. The van der Waals surface area contributed by atoms with Gasteiger partial charge in [0.05, 0.1) is 10.9 Å². The van der Waals surface area contributed by atoms with Crippen molar-refractivity contribution in [1.82, 2.24) is 9.55 Å². The Morgan fingerprint density at radius 2 is 1.85 bits per heavy atom. The summed E-state index contributed by atoms with van der Waals surface area (Å²) in [6.45, 7) is 5.45. The number of nitrogens with zero attached hydrogens (tertiary/aromatic N) is 2. The molecule has 1 aromatic heterocycles. The lowest BCUT2D eigenvalue weighted by molar-refractivity contribution is 0.189. The molecule has 0 radical (unpaired) electrons. The Bertz CT molecular complexity index is 946. The van der Waals surface area contributed by atoms with Crippen LogP contribution in [0.3, 0.4) is 0 Å². The smallest absolute Gasteiger partial charge is 0.262 e. The summed E-state index contributed by atoms with van der Waals surface area (Å²) in [6.07, 6.45) is 0.785. The van der Waals surface area contributed by atoms with Gasteiger partial charge >= 0.3 is 0 Å². The number of benzene rings is 2. The fourth-order valence-electron chi connectivity index (χ4n) is 3.12. The zero-order valence-electron chi connectivity index (χ0n) is 15.5. The highest BCUT2D eigenvalue weighted by Crippen LogP contribution is 2.23. The number of aryl methyl sites for hydroxylation is 2. The second-order valence-electron chi connectivity index (χ2n) is 6.50. The first-order valence-electron chi connectivity index (χ1n) is 8.77. The van der Waals surface area contributed by atoms with E-state index in [-0.39, 0.29) is 5.56 Å². The summed E-state index contributed by atoms with van der Waals surface area (Å²) in [5.41, 5.74) is 4.53. The fourth-order valence-corrected chi connectivity index (χ4v) is 4.08. The minimum Gasteiger partial charge on any atom is -0.385 e. The van der Waals surface area contributed by atoms with Gasteiger partial charge in [-0.3, -0.25) is 9.36 Å². The highest BCUT2D eigenvalue weighted by molar-refractivity contribution is 7.98. The fraction of sp³-hybridized carbons (Fsp3) is 0.333. The molecule has 0 bridgehead atoms. The Hall–Kier alpha value is -2.11. The first-order valence-corrected chi connectivity index (χ1v) is 9.75. The number of ether oxygens (including phenoxy) is 1. The Balaban J connectivity index is 1.94. The lowest BCUT2D eigenvalue weighted by Gasteiger charge is -2.13. The molecule has 0 aliphatic carbocycles. The van der Waals surface area contributed by atoms with Crippen molar-refractivity contribution in [2.75, 3.05) is 13.7 Å². The highest BCUT2D eigenvalue weighted by Gasteiger charge is 2.11. The predicted molar refractivity (Wildman–Crippen MR) is 108 cm³/mol. The van der Waals surface area contributed by atoms with Crippen molar-refractivity contribution >= 4 is 22.7 Å². The van der Waals surface area contributed by atoms with Gasteiger partial charge in [0.15, 0.2) is 5.16 Å². The maximum Gasteiger partial charge on any atom is 0.262 e. The van der Waals surface area contributed by atoms with E-state index < -0.39 is 0 Å². The number of methoxy groups -OCH3 is 1. The van der Waals surface area contributed by atoms with E-state index in [0.29, 0.717) is 18.5 Å². The number of hydrogen-bond acceptors (Lipinski definition) is 4. The maximum absolute atomic E-state index is 12.9. The second kappa shape index (κ2) is 8.52. The largest absolute Gasteiger partial charge is 0.385 e. The monoisotopic (exact) mass is 368 g/mol. The summed E-state index contributed by atoms with van der Waals surface area (Å²) in [4.78, 5) is 17.7. The van der Waals surface area contributed by atoms with E-state index in [0.717, 1.165) is 22.8 Å². The highest BCUT2D eigenvalue weighted by atomic mass is 32.2. The first kappa shape index (κ1) is 18.7. The predicted octanol–water partition coefficient (Wildman–Crippen LogP) is 4.34. The third-order valence-corrected chi connectivity index (χ3v) is 5.25. The lowest BCUT2D eigenvalue weighted by atomic mass is 10.1. The quantitative estimate of drug-likeness (QED) is 0.353. The molecule has 0 spiro atoms. The number of para-hydroxylation sites is 1. The molecule has 26 heavy (non-hydrogen) atoms. The van der Waals surface area contributed by atoms with Crippen LogP contribution < -0.4 is 5.56 Å². The van der Waals surface area contributed by atoms with Crippen molar-refractivity contribution in [2.24, 2.45) is 0 Å². The van der Waals surface area contributed by atoms with Crippen LogP contribution in [0.2, 0.25) is 0 Å². The van der Waals surface area contributed by atoms with Gasteiger partial charge in [0.1, 0.15) is 0 Å². The van der Waals surface area contributed by atoms with Crippen LogP contribution in [0.1, 0.15) is 23.1 Å². The SMILES string of the molecule is COCCCn1c(SCc2cc(C)cc(C)c2)nc2ccccc2c1=O. The average Bonchev–Trinajstić information content (AvgIpc) is 2.61. The summed E-state index contributed by atoms with van der Waals surface area (Å²) >= 11 is 1.62. The van der Waals surface area contributed by atoms with Crippen molar-refractivity contribution in [3.05, 3.63) is 69.5 Å². The van der Waals surface area contributed by atoms with Crippen LogP contribution in [0, 0.1) is 13.8 Å². The van der Waals surface area contributed by atoms with E-state index >= 15 is 0 Å². The molecule has 3 aromatic rings. The molecule has 0 saturated heterocycles. The molecule has 0 saturated carbocycles. The summed E-state index contributed by atoms with van der Waals surface area (Å²) in [5.74, 6) is 0.789. The summed E-state index contributed by atoms with van der Waals surface area (Å²) < 4.78 is 6.93. The lowest BCUT2D eigenvalue weighted by Crippen LogP contribution is -2.24. The van der Waals surface area contributed by atoms with Gasteiger partial charge in [0.2, 0.25) is 0 Å². The molecule has 136 valence electrons. The minimum absolute atomic E-state index is 0.0228. The minimum atomic E-state index is 0.0228. The van der Waals surface area contributed by atoms with Crippen molar-refractivity contribution in [2.45, 2.75) is 37.7 Å². The molecule has 1 heterocycles. The van der Waals surface area contributed by atoms with Crippen LogP contribution in [0.25, 0.3) is 10.9 Å². The van der Waals surface area contributed by atoms with Gasteiger partial charge in [0.25, 0.3) is 5.56 Å². The Morgan fingerprint density at radius 1 is 1.12 bits per heavy atom. The van der Waals surface area contributed by atoms with Crippen LogP contribution in [0.15, 0.2) is 52.4 Å². The average molecular weight is 369 g/mol. The molecular weight excluding hydrogens is 344 g/mol. The molecular formula is C21H24N2O2S. The van der Waals surface area contributed by atoms with E-state index in [1.807, 2.05) is 24.3 Å². The van der Waals surface area contributed by atoms with Gasteiger partial charge in [-0.05, 0) is 38.0 Å². The number of thioether (sulfide) groups is 1. The standard InChI is InChI=1S/C21H24N2O2S/c1-15-11-16(2)13-17(12-15)14-26-21-22-19-8-5-4-7-18(19)20(24)23(21)9-6-10-25-3/h4-5,7-8,11-13H,6,9-10,14H2,1-3H3. The van der Waals surface area contributed by atoms with Crippen LogP contribution in [-0.2, 0) is 17.0 Å². The molecule has 4 nitrogen and oxygen atoms in total. The van der Waals surface area contributed by atoms with E-state index in [2.05, 4.69) is 32.0 Å². The van der Waals surface area contributed by atoms with Gasteiger partial charge in [-0.25, -0.2) is 4.98 Å². The molecule has 5 heteroatoms. The van der Waals surface area contributed by atoms with Crippen LogP contribution in [-0.4, -0.2) is 23.3 Å². The molecule has 0 fully saturated rings. The molecule has 3 rings (SSSR count). The zero-order valence-corrected chi connectivity index (χ0v) is 16.3. The van der Waals surface area contributed by atoms with Crippen LogP contribution in [0.5, 0.6) is 0 Å². The molecule has 2 aromatic carbocycles. The van der Waals surface area contributed by atoms with Gasteiger partial charge in [-0.15, -0.1) is 0 Å². The molecule has 0 atom stereocenters. The Morgan fingerprint density at radius 3 is 2.58 bits per heavy atom. The number of rotatable bonds is 7. The molecule has 0 amide bonds. The Kier molecular flexibility index (Phi) is 6.12. The van der Waals surface area contributed by atoms with E-state index in [4.69, 9.17) is 9.72 Å². The molecule has 0 aliphatic heterocycles. The van der Waals surface area contributed by atoms with Gasteiger partial charge in [-0.2, -0.15) is 0 Å². The van der Waals surface area contributed by atoms with E-state index in [1.54, 1.807) is 23.4 Å². The first-order chi connectivity index (χ1) is 12.6. The van der Waals surface area contributed by atoms with Gasteiger partial charge < -0.3 is 4.74 Å². The van der Waals surface area contributed by atoms with Crippen molar-refractivity contribution < 1.29 is 4.74 Å². The van der Waals surface area contributed by atoms with E-state index in [9.17, 15) is 4.79 Å². The summed E-state index contributed by atoms with van der Waals surface area (Å²) in [5, 5.41) is 1.43.